The fourth-order valence-corrected chi connectivity index (χ4v) is 3.34. The molecule has 5 nitrogen and oxygen atoms in total. The molecule has 2 heterocycles. The lowest BCUT2D eigenvalue weighted by molar-refractivity contribution is 0.0947. The van der Waals surface area contributed by atoms with Crippen molar-refractivity contribution in [1.82, 2.24) is 10.6 Å². The Bertz CT molecular complexity index is 761. The van der Waals surface area contributed by atoms with Crippen LogP contribution >= 0.6 is 0 Å². The summed E-state index contributed by atoms with van der Waals surface area (Å²) in [5, 5.41) is 5.72. The minimum absolute atomic E-state index is 0.0208. The first-order valence-electron chi connectivity index (χ1n) is 9.09. The Balaban J connectivity index is 0.000000151. The van der Waals surface area contributed by atoms with Gasteiger partial charge in [0, 0.05) is 29.9 Å². The van der Waals surface area contributed by atoms with Crippen LogP contribution in [0.3, 0.4) is 0 Å². The lowest BCUT2D eigenvalue weighted by Crippen LogP contribution is -2.22. The quantitative estimate of drug-likeness (QED) is 0.638. The van der Waals surface area contributed by atoms with E-state index in [2.05, 4.69) is 23.6 Å². The zero-order valence-electron chi connectivity index (χ0n) is 15.1. The first-order valence-corrected chi connectivity index (χ1v) is 9.09. The van der Waals surface area contributed by atoms with E-state index in [-0.39, 0.29) is 11.8 Å². The van der Waals surface area contributed by atoms with Gasteiger partial charge in [-0.05, 0) is 68.0 Å². The summed E-state index contributed by atoms with van der Waals surface area (Å²) in [6.07, 6.45) is 3.97. The Morgan fingerprint density at radius 3 is 1.96 bits per heavy atom. The van der Waals surface area contributed by atoms with E-state index in [4.69, 9.17) is 5.73 Å². The van der Waals surface area contributed by atoms with Crippen LogP contribution < -0.4 is 16.4 Å². The summed E-state index contributed by atoms with van der Waals surface area (Å²) < 4.78 is 0. The van der Waals surface area contributed by atoms with E-state index in [0.717, 1.165) is 61.2 Å². The Hall–Kier alpha value is -2.82. The predicted octanol–water partition coefficient (Wildman–Crippen LogP) is 2.62. The number of amides is 2. The van der Waals surface area contributed by atoms with Gasteiger partial charge in [0.2, 0.25) is 0 Å². The number of carbonyl (C=O) groups excluding carboxylic acids is 2. The van der Waals surface area contributed by atoms with Gasteiger partial charge in [-0.25, -0.2) is 0 Å². The van der Waals surface area contributed by atoms with Crippen molar-refractivity contribution in [2.75, 3.05) is 18.8 Å². The molecule has 2 aromatic carbocycles. The van der Waals surface area contributed by atoms with Crippen LogP contribution in [0.25, 0.3) is 0 Å². The monoisotopic (exact) mass is 351 g/mol. The Morgan fingerprint density at radius 1 is 0.808 bits per heavy atom. The topological polar surface area (TPSA) is 84.2 Å². The lowest BCUT2D eigenvalue weighted by Gasteiger charge is -2.04. The number of hydrogen-bond donors (Lipinski definition) is 3. The predicted molar refractivity (Wildman–Crippen MR) is 103 cm³/mol. The summed E-state index contributed by atoms with van der Waals surface area (Å²) in [6.45, 7) is 3.61. The Morgan fingerprint density at radius 2 is 1.35 bits per heavy atom. The van der Waals surface area contributed by atoms with E-state index >= 15 is 0 Å². The number of nitrogen functional groups attached to an aromatic ring is 1. The highest BCUT2D eigenvalue weighted by Gasteiger charge is 2.15. The van der Waals surface area contributed by atoms with Crippen molar-refractivity contribution < 1.29 is 9.59 Å². The van der Waals surface area contributed by atoms with Crippen LogP contribution in [0.5, 0.6) is 0 Å². The molecule has 0 fully saturated rings. The molecule has 2 aromatic rings. The van der Waals surface area contributed by atoms with Crippen LogP contribution in [-0.4, -0.2) is 24.9 Å². The fraction of sp³-hybridized carbons (Fsp3) is 0.333. The van der Waals surface area contributed by atoms with E-state index in [1.807, 2.05) is 18.2 Å². The Labute approximate surface area is 154 Å². The van der Waals surface area contributed by atoms with Crippen LogP contribution in [0.2, 0.25) is 0 Å². The second kappa shape index (κ2) is 8.04. The molecule has 0 radical (unpaired) electrons. The zero-order valence-corrected chi connectivity index (χ0v) is 15.1. The van der Waals surface area contributed by atoms with E-state index < -0.39 is 0 Å². The highest BCUT2D eigenvalue weighted by molar-refractivity contribution is 5.96. The van der Waals surface area contributed by atoms with Gasteiger partial charge >= 0.3 is 0 Å². The van der Waals surface area contributed by atoms with Crippen molar-refractivity contribution >= 4 is 17.5 Å². The minimum Gasteiger partial charge on any atom is -0.399 e. The molecule has 0 atom stereocenters. The largest absolute Gasteiger partial charge is 0.399 e. The van der Waals surface area contributed by atoms with Gasteiger partial charge in [-0.2, -0.15) is 0 Å². The molecule has 26 heavy (non-hydrogen) atoms. The molecule has 2 aliphatic heterocycles. The number of aryl methyl sites for hydroxylation is 3. The number of rotatable bonds is 0. The third-order valence-electron chi connectivity index (χ3n) is 4.70. The molecular formula is C21H25N3O2. The summed E-state index contributed by atoms with van der Waals surface area (Å²) in [6, 6.07) is 11.5. The number of nitrogens with one attached hydrogen (secondary N) is 2. The van der Waals surface area contributed by atoms with Gasteiger partial charge in [0.15, 0.2) is 0 Å². The molecule has 136 valence electrons. The molecule has 4 N–H and O–H groups in total. The van der Waals surface area contributed by atoms with Gasteiger partial charge in [-0.1, -0.05) is 17.7 Å². The maximum atomic E-state index is 11.5. The van der Waals surface area contributed by atoms with Gasteiger partial charge < -0.3 is 16.4 Å². The summed E-state index contributed by atoms with van der Waals surface area (Å²) in [5.41, 5.74) is 11.5. The van der Waals surface area contributed by atoms with Crippen LogP contribution in [0.1, 0.15) is 50.2 Å². The molecule has 0 aliphatic carbocycles. The zero-order chi connectivity index (χ0) is 18.5. The number of benzene rings is 2. The second-order valence-corrected chi connectivity index (χ2v) is 6.80. The Kier molecular flexibility index (Phi) is 5.56. The molecule has 0 bridgehead atoms. The van der Waals surface area contributed by atoms with E-state index in [9.17, 15) is 9.59 Å². The molecule has 4 rings (SSSR count). The molecule has 0 spiro atoms. The van der Waals surface area contributed by atoms with Gasteiger partial charge in [0.25, 0.3) is 11.8 Å². The average molecular weight is 351 g/mol. The lowest BCUT2D eigenvalue weighted by atomic mass is 10.0. The smallest absolute Gasteiger partial charge is 0.251 e. The van der Waals surface area contributed by atoms with E-state index in [1.165, 1.54) is 11.1 Å². The van der Waals surface area contributed by atoms with Gasteiger partial charge in [-0.3, -0.25) is 9.59 Å². The van der Waals surface area contributed by atoms with Crippen molar-refractivity contribution in [3.8, 4) is 0 Å². The van der Waals surface area contributed by atoms with Gasteiger partial charge in [0.05, 0.1) is 0 Å². The first-order chi connectivity index (χ1) is 12.5. The second-order valence-electron chi connectivity index (χ2n) is 6.80. The average Bonchev–Trinajstić information content (AvgIpc) is 2.91. The number of fused-ring (bicyclic) bond motifs is 2. The SMILES string of the molecule is Cc1ccc2c(c1)CCCNC2=O.Nc1ccc2c(c1)CCCNC2=O. The molecule has 0 saturated heterocycles. The van der Waals surface area contributed by atoms with Crippen LogP contribution in [0.15, 0.2) is 36.4 Å². The highest BCUT2D eigenvalue weighted by Crippen LogP contribution is 2.17. The van der Waals surface area contributed by atoms with Gasteiger partial charge in [0.1, 0.15) is 0 Å². The summed E-state index contributed by atoms with van der Waals surface area (Å²) in [4.78, 5) is 23.0. The molecule has 5 heteroatoms. The van der Waals surface area contributed by atoms with Gasteiger partial charge in [-0.15, -0.1) is 0 Å². The number of hydrogen-bond acceptors (Lipinski definition) is 3. The fourth-order valence-electron chi connectivity index (χ4n) is 3.34. The maximum absolute atomic E-state index is 11.5. The first kappa shape index (κ1) is 18.0. The van der Waals surface area contributed by atoms with Crippen LogP contribution in [0.4, 0.5) is 5.69 Å². The molecule has 2 amide bonds. The van der Waals surface area contributed by atoms with E-state index in [1.54, 1.807) is 12.1 Å². The van der Waals surface area contributed by atoms with Crippen molar-refractivity contribution in [1.29, 1.82) is 0 Å². The standard InChI is InChI=1S/C11H13NO.C10H12N2O/c1-8-4-5-10-9(7-8)3-2-6-12-11(10)13;11-8-3-4-9-7(6-8)2-1-5-12-10(9)13/h4-5,7H,2-3,6H2,1H3,(H,12,13);3-4,6H,1-2,5,11H2,(H,12,13). The molecule has 0 saturated carbocycles. The van der Waals surface area contributed by atoms with Crippen molar-refractivity contribution in [3.63, 3.8) is 0 Å². The van der Waals surface area contributed by atoms with Crippen molar-refractivity contribution in [2.45, 2.75) is 32.6 Å². The van der Waals surface area contributed by atoms with Crippen molar-refractivity contribution in [2.24, 2.45) is 0 Å². The molecule has 0 unspecified atom stereocenters. The maximum Gasteiger partial charge on any atom is 0.251 e. The third kappa shape index (κ3) is 4.23. The number of anilines is 1. The normalized spacial score (nSPS) is 15.9. The number of nitrogens with two attached hydrogens (primary N) is 1. The van der Waals surface area contributed by atoms with Crippen molar-refractivity contribution in [3.05, 3.63) is 64.2 Å². The molecule has 2 aliphatic rings. The molecule has 0 aromatic heterocycles. The van der Waals surface area contributed by atoms with Crippen LogP contribution in [-0.2, 0) is 12.8 Å². The summed E-state index contributed by atoms with van der Waals surface area (Å²) in [7, 11) is 0. The number of carbonyl (C=O) groups is 2. The highest BCUT2D eigenvalue weighted by atomic mass is 16.2. The molecular weight excluding hydrogens is 326 g/mol. The summed E-state index contributed by atoms with van der Waals surface area (Å²) in [5.74, 6) is 0.0972. The summed E-state index contributed by atoms with van der Waals surface area (Å²) >= 11 is 0. The minimum atomic E-state index is 0.0208. The van der Waals surface area contributed by atoms with Crippen LogP contribution in [0, 0.1) is 6.92 Å². The third-order valence-corrected chi connectivity index (χ3v) is 4.70. The van der Waals surface area contributed by atoms with E-state index in [0.29, 0.717) is 0 Å².